The molecule has 4 heterocycles. The first-order chi connectivity index (χ1) is 14.7. The molecule has 0 amide bonds. The van der Waals surface area contributed by atoms with Crippen LogP contribution < -0.4 is 0 Å². The van der Waals surface area contributed by atoms with Gasteiger partial charge in [0, 0.05) is 39.7 Å². The van der Waals surface area contributed by atoms with Gasteiger partial charge in [0.15, 0.2) is 0 Å². The third kappa shape index (κ3) is 5.76. The normalized spacial score (nSPS) is 49.7. The highest BCUT2D eigenvalue weighted by atomic mass is 28.6. The van der Waals surface area contributed by atoms with Crippen molar-refractivity contribution in [1.29, 1.82) is 0 Å². The summed E-state index contributed by atoms with van der Waals surface area (Å²) in [6, 6.07) is 0.152. The van der Waals surface area contributed by atoms with Gasteiger partial charge in [-0.3, -0.25) is 4.79 Å². The number of fused-ring (bicyclic) bond motifs is 4. The molecule has 3 radical (unpaired) electrons. The lowest BCUT2D eigenvalue weighted by molar-refractivity contribution is -0.140. The van der Waals surface area contributed by atoms with E-state index in [9.17, 15) is 4.79 Å². The van der Waals surface area contributed by atoms with Crippen LogP contribution in [-0.2, 0) is 55.1 Å². The van der Waals surface area contributed by atoms with E-state index in [-0.39, 0.29) is 18.9 Å². The minimum absolute atomic E-state index is 0.0221. The molecule has 4 saturated heterocycles. The van der Waals surface area contributed by atoms with Gasteiger partial charge in [0.1, 0.15) is 0 Å². The molecule has 0 aromatic heterocycles. The number of rotatable bonds is 3. The molecule has 4 fully saturated rings. The third-order valence-corrected chi connectivity index (χ3v) is 33.5. The molecule has 0 aliphatic carbocycles. The van der Waals surface area contributed by atoms with Gasteiger partial charge in [0.2, 0.25) is 9.04 Å². The highest BCUT2D eigenvalue weighted by Gasteiger charge is 2.71. The fourth-order valence-electron chi connectivity index (χ4n) is 3.85. The SMILES string of the molecule is CC(=O)OCC[Si]12O[Si]O[Si]3(C)O[Si]4(C)O[Si](C)CO[Si](C)(O[Si](C)(O4)O[Si](C)(O3)O1)O2. The molecule has 0 aromatic carbocycles. The number of carbonyl (C=O) groups is 1. The zero-order chi connectivity index (χ0) is 23.5. The molecule has 0 spiro atoms. The summed E-state index contributed by atoms with van der Waals surface area (Å²) >= 11 is 0. The first kappa shape index (κ1) is 25.8. The van der Waals surface area contributed by atoms with E-state index in [1.165, 1.54) is 6.92 Å². The van der Waals surface area contributed by atoms with Crippen molar-refractivity contribution in [2.45, 2.75) is 52.2 Å². The van der Waals surface area contributed by atoms with Crippen LogP contribution in [0.5, 0.6) is 0 Å². The molecule has 6 atom stereocenters. The second-order valence-corrected chi connectivity index (χ2v) is 29.0. The molecule has 4 rings (SSSR count). The lowest BCUT2D eigenvalue weighted by atomic mass is 10.8. The molecule has 6 bridgehead atoms. The van der Waals surface area contributed by atoms with Crippen LogP contribution in [0.25, 0.3) is 0 Å². The molecule has 0 saturated carbocycles. The van der Waals surface area contributed by atoms with Crippen molar-refractivity contribution in [1.82, 2.24) is 0 Å². The van der Waals surface area contributed by atoms with Crippen molar-refractivity contribution in [2.75, 3.05) is 12.8 Å². The molecule has 13 nitrogen and oxygen atoms in total. The Bertz CT molecular complexity index is 769. The molecule has 6 unspecified atom stereocenters. The average Bonchev–Trinajstić information content (AvgIpc) is 2.57. The summed E-state index contributed by atoms with van der Waals surface area (Å²) in [7, 11) is -22.8. The molecule has 4 aliphatic rings. The van der Waals surface area contributed by atoms with Gasteiger partial charge in [0.05, 0.1) is 18.9 Å². The molecule has 32 heavy (non-hydrogen) atoms. The topological polar surface area (TPSA) is 128 Å². The fraction of sp³-hybridized carbons (Fsp3) is 0.909. The van der Waals surface area contributed by atoms with Gasteiger partial charge in [-0.2, -0.15) is 0 Å². The van der Waals surface area contributed by atoms with E-state index in [0.717, 1.165) is 0 Å². The molecule has 181 valence electrons. The van der Waals surface area contributed by atoms with Crippen molar-refractivity contribution >= 4 is 77.8 Å². The molecule has 4 aliphatic heterocycles. The smallest absolute Gasteiger partial charge is 0.466 e. The predicted octanol–water partition coefficient (Wildman–Crippen LogP) is 0.264. The van der Waals surface area contributed by atoms with Crippen molar-refractivity contribution in [3.8, 4) is 0 Å². The lowest BCUT2D eigenvalue weighted by Crippen LogP contribution is -2.78. The summed E-state index contributed by atoms with van der Waals surface area (Å²) in [5.41, 5.74) is 0. The van der Waals surface area contributed by atoms with Crippen molar-refractivity contribution in [3.63, 3.8) is 0 Å². The summed E-state index contributed by atoms with van der Waals surface area (Å²) in [6.07, 6.45) is 0.276. The molecular weight excluding hydrogens is 565 g/mol. The Hall–Kier alpha value is 0.765. The fourth-order valence-corrected chi connectivity index (χ4v) is 38.8. The number of ether oxygens (including phenoxy) is 1. The highest BCUT2D eigenvalue weighted by molar-refractivity contribution is 6.96. The number of esters is 1. The van der Waals surface area contributed by atoms with Gasteiger partial charge in [0.25, 0.3) is 0 Å². The minimum Gasteiger partial charge on any atom is -0.466 e. The summed E-state index contributed by atoms with van der Waals surface area (Å²) in [4.78, 5) is 11.4. The highest BCUT2D eigenvalue weighted by Crippen LogP contribution is 2.41. The first-order valence-electron chi connectivity index (χ1n) is 9.98. The van der Waals surface area contributed by atoms with E-state index in [0.29, 0.717) is 0 Å². The Balaban J connectivity index is 1.81. The maximum absolute atomic E-state index is 11.4. The van der Waals surface area contributed by atoms with Crippen LogP contribution >= 0.6 is 0 Å². The lowest BCUT2D eigenvalue weighted by Gasteiger charge is -2.52. The van der Waals surface area contributed by atoms with Gasteiger partial charge in [-0.05, 0) is 6.55 Å². The summed E-state index contributed by atoms with van der Waals surface area (Å²) in [5.74, 6) is -0.424. The Morgan fingerprint density at radius 2 is 1.41 bits per heavy atom. The van der Waals surface area contributed by atoms with Crippen LogP contribution in [-0.4, -0.2) is 90.7 Å². The molecule has 0 N–H and O–H groups in total. The maximum atomic E-state index is 11.4. The monoisotopic (exact) mass is 591 g/mol. The van der Waals surface area contributed by atoms with Crippen molar-refractivity contribution in [3.05, 3.63) is 0 Å². The zero-order valence-corrected chi connectivity index (χ0v) is 26.9. The van der Waals surface area contributed by atoms with Gasteiger partial charge < -0.3 is 50.3 Å². The number of hydrogen-bond acceptors (Lipinski definition) is 13. The Morgan fingerprint density at radius 3 is 2.12 bits per heavy atom. The van der Waals surface area contributed by atoms with E-state index < -0.39 is 77.8 Å². The van der Waals surface area contributed by atoms with Crippen LogP contribution in [0.15, 0.2) is 0 Å². The molecular formula is C11H27O13Si8. The Kier molecular flexibility index (Phi) is 7.03. The van der Waals surface area contributed by atoms with Gasteiger partial charge >= 0.3 is 68.8 Å². The predicted molar refractivity (Wildman–Crippen MR) is 119 cm³/mol. The Morgan fingerprint density at radius 1 is 0.844 bits per heavy atom. The maximum Gasteiger partial charge on any atom is 0.482 e. The minimum atomic E-state index is -3.61. The van der Waals surface area contributed by atoms with E-state index in [1.54, 1.807) is 32.7 Å². The molecule has 0 aromatic rings. The van der Waals surface area contributed by atoms with Crippen molar-refractivity contribution in [2.24, 2.45) is 0 Å². The standard InChI is InChI=1S/C11H27O13Si8/c1-11(12)13-8-9-32-16-25-15-28(4)19-29(5)17-26(2)10-14-27(3,23-32)18-30(6,21-29)22-31(7,20-28)24-32/h8-10H2,1-7H3. The molecule has 21 heteroatoms. The largest absolute Gasteiger partial charge is 0.482 e. The van der Waals surface area contributed by atoms with Crippen LogP contribution in [0, 0.1) is 0 Å². The summed E-state index contributed by atoms with van der Waals surface area (Å²) in [6.45, 7) is 12.0. The summed E-state index contributed by atoms with van der Waals surface area (Å²) in [5, 5.41) is 0. The van der Waals surface area contributed by atoms with Crippen LogP contribution in [0.1, 0.15) is 6.92 Å². The summed E-state index contributed by atoms with van der Waals surface area (Å²) < 4.78 is 75.1. The van der Waals surface area contributed by atoms with E-state index in [1.807, 2.05) is 6.55 Å². The van der Waals surface area contributed by atoms with Gasteiger partial charge in [-0.25, -0.2) is 0 Å². The van der Waals surface area contributed by atoms with E-state index in [2.05, 4.69) is 0 Å². The second kappa shape index (κ2) is 8.71. The number of hydrogen-bond donors (Lipinski definition) is 0. The van der Waals surface area contributed by atoms with E-state index >= 15 is 0 Å². The van der Waals surface area contributed by atoms with Crippen LogP contribution in [0.4, 0.5) is 0 Å². The van der Waals surface area contributed by atoms with Crippen molar-refractivity contribution < 1.29 is 55.1 Å². The first-order valence-corrected chi connectivity index (χ1v) is 26.0. The van der Waals surface area contributed by atoms with Crippen LogP contribution in [0.3, 0.4) is 0 Å². The van der Waals surface area contributed by atoms with Crippen LogP contribution in [0.2, 0.25) is 45.3 Å². The van der Waals surface area contributed by atoms with Gasteiger partial charge in [-0.15, -0.1) is 0 Å². The second-order valence-electron chi connectivity index (χ2n) is 8.18. The zero-order valence-electron chi connectivity index (χ0n) is 18.9. The number of carbonyl (C=O) groups excluding carboxylic acids is 1. The van der Waals surface area contributed by atoms with Gasteiger partial charge in [-0.1, -0.05) is 0 Å². The third-order valence-electron chi connectivity index (χ3n) is 4.57. The Labute approximate surface area is 197 Å². The average molecular weight is 592 g/mol. The van der Waals surface area contributed by atoms with E-state index in [4.69, 9.17) is 50.3 Å². The quantitative estimate of drug-likeness (QED) is 0.329.